The average molecular weight is 266 g/mol. The molecule has 0 aromatic rings. The molecule has 0 aliphatic heterocycles. The van der Waals surface area contributed by atoms with Crippen molar-refractivity contribution < 1.29 is 9.53 Å². The van der Waals surface area contributed by atoms with Crippen molar-refractivity contribution >= 4 is 5.97 Å². The Labute approximate surface area is 116 Å². The zero-order valence-corrected chi connectivity index (χ0v) is 12.3. The Morgan fingerprint density at radius 2 is 2.05 bits per heavy atom. The second-order valence-corrected chi connectivity index (χ2v) is 5.85. The van der Waals surface area contributed by atoms with Crippen LogP contribution in [0.3, 0.4) is 0 Å². The summed E-state index contributed by atoms with van der Waals surface area (Å²) in [6, 6.07) is 2.23. The molecule has 0 saturated heterocycles. The minimum atomic E-state index is -0.288. The molecule has 0 amide bonds. The van der Waals surface area contributed by atoms with Gasteiger partial charge in [0.15, 0.2) is 0 Å². The summed E-state index contributed by atoms with van der Waals surface area (Å²) in [6.45, 7) is 4.18. The molecule has 0 spiro atoms. The van der Waals surface area contributed by atoms with Crippen LogP contribution in [0, 0.1) is 23.2 Å². The Balaban J connectivity index is 2.69. The van der Waals surface area contributed by atoms with Crippen LogP contribution in [0.2, 0.25) is 0 Å². The molecule has 0 aromatic carbocycles. The average Bonchev–Trinajstić information content (AvgIpc) is 2.61. The summed E-state index contributed by atoms with van der Waals surface area (Å²) in [7, 11) is 1.42. The Morgan fingerprint density at radius 3 is 2.63 bits per heavy atom. The Kier molecular flexibility index (Phi) is 6.86. The molecule has 1 rings (SSSR count). The van der Waals surface area contributed by atoms with Crippen molar-refractivity contribution in [3.8, 4) is 6.07 Å². The molecule has 4 nitrogen and oxygen atoms in total. The normalized spacial score (nSPS) is 25.4. The van der Waals surface area contributed by atoms with E-state index in [1.807, 2.05) is 0 Å². The fourth-order valence-corrected chi connectivity index (χ4v) is 2.77. The topological polar surface area (TPSA) is 62.1 Å². The van der Waals surface area contributed by atoms with Crippen molar-refractivity contribution in [3.05, 3.63) is 0 Å². The second kappa shape index (κ2) is 8.16. The first kappa shape index (κ1) is 16.0. The summed E-state index contributed by atoms with van der Waals surface area (Å²) < 4.78 is 4.87. The molecule has 0 aromatic heterocycles. The van der Waals surface area contributed by atoms with Gasteiger partial charge in [-0.15, -0.1) is 0 Å². The smallest absolute Gasteiger partial charge is 0.322 e. The van der Waals surface area contributed by atoms with Crippen LogP contribution in [0.5, 0.6) is 0 Å². The Bertz CT molecular complexity index is 323. The zero-order valence-electron chi connectivity index (χ0n) is 12.3. The van der Waals surface area contributed by atoms with Crippen LogP contribution in [0.4, 0.5) is 0 Å². The van der Waals surface area contributed by atoms with Gasteiger partial charge in [-0.2, -0.15) is 5.26 Å². The van der Waals surface area contributed by atoms with E-state index >= 15 is 0 Å². The summed E-state index contributed by atoms with van der Waals surface area (Å²) in [6.07, 6.45) is 6.09. The molecule has 0 radical (unpaired) electrons. The number of carbonyl (C=O) groups excluding carboxylic acids is 1. The van der Waals surface area contributed by atoms with Gasteiger partial charge in [0.2, 0.25) is 0 Å². The first-order chi connectivity index (χ1) is 9.08. The number of nitriles is 1. The Morgan fingerprint density at radius 1 is 1.37 bits per heavy atom. The van der Waals surface area contributed by atoms with Gasteiger partial charge in [0, 0.05) is 6.04 Å². The third-order valence-electron chi connectivity index (χ3n) is 3.79. The van der Waals surface area contributed by atoms with Crippen molar-refractivity contribution in [1.82, 2.24) is 5.32 Å². The third-order valence-corrected chi connectivity index (χ3v) is 3.79. The number of hydrogen-bond donors (Lipinski definition) is 1. The lowest BCUT2D eigenvalue weighted by Gasteiger charge is -2.27. The molecule has 0 heterocycles. The van der Waals surface area contributed by atoms with Crippen molar-refractivity contribution in [2.24, 2.45) is 11.8 Å². The first-order valence-corrected chi connectivity index (χ1v) is 7.32. The third kappa shape index (κ3) is 5.20. The zero-order chi connectivity index (χ0) is 14.3. The van der Waals surface area contributed by atoms with E-state index in [0.29, 0.717) is 5.92 Å². The maximum absolute atomic E-state index is 11.8. The molecule has 1 aliphatic rings. The lowest BCUT2D eigenvalue weighted by Crippen LogP contribution is -2.47. The van der Waals surface area contributed by atoms with Crippen LogP contribution in [-0.4, -0.2) is 25.2 Å². The molecular weight excluding hydrogens is 240 g/mol. The molecule has 1 fully saturated rings. The standard InChI is InChI=1S/C15H26N2O2/c1-11(2)9-14(15(18)19-3)17-13-8-6-4-5-7-12(13)10-16/h11-14,17H,4-9H2,1-3H3. The van der Waals surface area contributed by atoms with E-state index in [1.165, 1.54) is 13.5 Å². The summed E-state index contributed by atoms with van der Waals surface area (Å²) in [5.41, 5.74) is 0. The first-order valence-electron chi connectivity index (χ1n) is 7.32. The van der Waals surface area contributed by atoms with Crippen molar-refractivity contribution in [3.63, 3.8) is 0 Å². The predicted molar refractivity (Wildman–Crippen MR) is 74.4 cm³/mol. The summed E-state index contributed by atoms with van der Waals surface area (Å²) in [4.78, 5) is 11.8. The van der Waals surface area contributed by atoms with Crippen LogP contribution >= 0.6 is 0 Å². The molecule has 1 N–H and O–H groups in total. The van der Waals surface area contributed by atoms with Gasteiger partial charge in [-0.25, -0.2) is 0 Å². The fraction of sp³-hybridized carbons (Fsp3) is 0.867. The van der Waals surface area contributed by atoms with E-state index < -0.39 is 0 Å². The number of ether oxygens (including phenoxy) is 1. The van der Waals surface area contributed by atoms with Gasteiger partial charge < -0.3 is 10.1 Å². The molecule has 3 atom stereocenters. The second-order valence-electron chi connectivity index (χ2n) is 5.85. The quantitative estimate of drug-likeness (QED) is 0.614. The van der Waals surface area contributed by atoms with Crippen LogP contribution in [-0.2, 0) is 9.53 Å². The minimum Gasteiger partial charge on any atom is -0.468 e. The van der Waals surface area contributed by atoms with Crippen LogP contribution in [0.15, 0.2) is 0 Å². The molecule has 19 heavy (non-hydrogen) atoms. The highest BCUT2D eigenvalue weighted by molar-refractivity contribution is 5.75. The van der Waals surface area contributed by atoms with E-state index in [2.05, 4.69) is 25.2 Å². The molecule has 4 heteroatoms. The lowest BCUT2D eigenvalue weighted by atomic mass is 9.94. The van der Waals surface area contributed by atoms with Gasteiger partial charge in [-0.3, -0.25) is 4.79 Å². The van der Waals surface area contributed by atoms with Gasteiger partial charge >= 0.3 is 5.97 Å². The molecular formula is C15H26N2O2. The van der Waals surface area contributed by atoms with Crippen molar-refractivity contribution in [2.45, 2.75) is 64.5 Å². The van der Waals surface area contributed by atoms with Crippen molar-refractivity contribution in [1.29, 1.82) is 5.26 Å². The van der Waals surface area contributed by atoms with E-state index in [9.17, 15) is 10.1 Å². The van der Waals surface area contributed by atoms with E-state index in [-0.39, 0.29) is 24.0 Å². The molecule has 1 aliphatic carbocycles. The van der Waals surface area contributed by atoms with E-state index in [1.54, 1.807) is 0 Å². The summed E-state index contributed by atoms with van der Waals surface area (Å²) in [5, 5.41) is 12.7. The summed E-state index contributed by atoms with van der Waals surface area (Å²) in [5.74, 6) is 0.222. The molecule has 0 bridgehead atoms. The molecule has 108 valence electrons. The number of rotatable bonds is 5. The number of nitrogens with zero attached hydrogens (tertiary/aromatic N) is 1. The Hall–Kier alpha value is -1.08. The monoisotopic (exact) mass is 266 g/mol. The lowest BCUT2D eigenvalue weighted by molar-refractivity contribution is -0.143. The predicted octanol–water partition coefficient (Wildman–Crippen LogP) is 2.64. The maximum atomic E-state index is 11.8. The van der Waals surface area contributed by atoms with Gasteiger partial charge in [0.1, 0.15) is 6.04 Å². The van der Waals surface area contributed by atoms with Gasteiger partial charge in [-0.1, -0.05) is 33.1 Å². The highest BCUT2D eigenvalue weighted by Crippen LogP contribution is 2.24. The van der Waals surface area contributed by atoms with E-state index in [4.69, 9.17) is 4.74 Å². The number of methoxy groups -OCH3 is 1. The highest BCUT2D eigenvalue weighted by atomic mass is 16.5. The number of carbonyl (C=O) groups is 1. The van der Waals surface area contributed by atoms with E-state index in [0.717, 1.165) is 32.1 Å². The van der Waals surface area contributed by atoms with Gasteiger partial charge in [-0.05, 0) is 25.2 Å². The largest absolute Gasteiger partial charge is 0.468 e. The number of hydrogen-bond acceptors (Lipinski definition) is 4. The van der Waals surface area contributed by atoms with Gasteiger partial charge in [0.25, 0.3) is 0 Å². The number of esters is 1. The SMILES string of the molecule is COC(=O)C(CC(C)C)NC1CCCCCC1C#N. The molecule has 1 saturated carbocycles. The highest BCUT2D eigenvalue weighted by Gasteiger charge is 2.29. The van der Waals surface area contributed by atoms with Crippen LogP contribution in [0.25, 0.3) is 0 Å². The maximum Gasteiger partial charge on any atom is 0.322 e. The molecule has 3 unspecified atom stereocenters. The van der Waals surface area contributed by atoms with Crippen LogP contribution < -0.4 is 5.32 Å². The number of nitrogens with one attached hydrogen (secondary N) is 1. The summed E-state index contributed by atoms with van der Waals surface area (Å²) >= 11 is 0. The minimum absolute atomic E-state index is 0.0156. The van der Waals surface area contributed by atoms with Crippen LogP contribution in [0.1, 0.15) is 52.4 Å². The fourth-order valence-electron chi connectivity index (χ4n) is 2.77. The van der Waals surface area contributed by atoms with Crippen molar-refractivity contribution in [2.75, 3.05) is 7.11 Å². The van der Waals surface area contributed by atoms with Gasteiger partial charge in [0.05, 0.1) is 19.1 Å².